The van der Waals surface area contributed by atoms with E-state index in [4.69, 9.17) is 5.11 Å². The number of carbonyl (C=O) groups is 1. The van der Waals surface area contributed by atoms with Crippen LogP contribution in [0, 0.1) is 12.3 Å². The van der Waals surface area contributed by atoms with Gasteiger partial charge in [-0.25, -0.2) is 0 Å². The number of aliphatic carboxylic acids is 1. The van der Waals surface area contributed by atoms with Gasteiger partial charge in [-0.15, -0.1) is 0 Å². The van der Waals surface area contributed by atoms with E-state index in [2.05, 4.69) is 0 Å². The first-order valence-corrected chi connectivity index (χ1v) is 2.85. The molecular formula is C6H9O2W-. The normalized spacial score (nSPS) is 25.1. The molecule has 0 heterocycles. The van der Waals surface area contributed by atoms with Crippen molar-refractivity contribution in [1.82, 2.24) is 0 Å². The zero-order valence-corrected chi connectivity index (χ0v) is 7.97. The Hall–Kier alpha value is 0.158. The van der Waals surface area contributed by atoms with E-state index < -0.39 is 5.97 Å². The monoisotopic (exact) mass is 297 g/mol. The average molecular weight is 297 g/mol. The SMILES string of the molecule is O=C(O)C1C[CH-]CC1.[W]. The third kappa shape index (κ3) is 2.49. The molecule has 3 heteroatoms. The fourth-order valence-electron chi connectivity index (χ4n) is 0.980. The number of hydrogen-bond acceptors (Lipinski definition) is 1. The maximum absolute atomic E-state index is 10.2. The molecule has 1 aliphatic carbocycles. The molecule has 1 atom stereocenters. The van der Waals surface area contributed by atoms with Crippen LogP contribution in [0.3, 0.4) is 0 Å². The number of hydrogen-bond donors (Lipinski definition) is 1. The molecule has 0 amide bonds. The van der Waals surface area contributed by atoms with Crippen molar-refractivity contribution in [3.8, 4) is 0 Å². The van der Waals surface area contributed by atoms with Gasteiger partial charge in [0.1, 0.15) is 0 Å². The fourth-order valence-corrected chi connectivity index (χ4v) is 0.980. The molecule has 1 rings (SSSR count). The molecule has 1 saturated carbocycles. The molecule has 0 saturated heterocycles. The van der Waals surface area contributed by atoms with E-state index in [-0.39, 0.29) is 27.0 Å². The third-order valence-corrected chi connectivity index (χ3v) is 1.52. The third-order valence-electron chi connectivity index (χ3n) is 1.52. The molecule has 52 valence electrons. The van der Waals surface area contributed by atoms with Crippen molar-refractivity contribution in [2.75, 3.05) is 0 Å². The summed E-state index contributed by atoms with van der Waals surface area (Å²) < 4.78 is 0. The van der Waals surface area contributed by atoms with Crippen molar-refractivity contribution in [2.24, 2.45) is 5.92 Å². The summed E-state index contributed by atoms with van der Waals surface area (Å²) in [5.41, 5.74) is 0. The van der Waals surface area contributed by atoms with Crippen LogP contribution in [0.25, 0.3) is 0 Å². The van der Waals surface area contributed by atoms with Crippen molar-refractivity contribution in [1.29, 1.82) is 0 Å². The topological polar surface area (TPSA) is 37.3 Å². The van der Waals surface area contributed by atoms with Gasteiger partial charge in [-0.05, 0) is 0 Å². The van der Waals surface area contributed by atoms with Crippen LogP contribution in [-0.2, 0) is 25.9 Å². The van der Waals surface area contributed by atoms with Gasteiger partial charge in [0, 0.05) is 27.0 Å². The van der Waals surface area contributed by atoms with Gasteiger partial charge in [0.25, 0.3) is 0 Å². The molecule has 1 aliphatic rings. The van der Waals surface area contributed by atoms with E-state index in [1.54, 1.807) is 0 Å². The van der Waals surface area contributed by atoms with E-state index in [1.807, 2.05) is 6.42 Å². The molecule has 1 unspecified atom stereocenters. The quantitative estimate of drug-likeness (QED) is 0.735. The van der Waals surface area contributed by atoms with Crippen molar-refractivity contribution in [3.05, 3.63) is 6.42 Å². The van der Waals surface area contributed by atoms with Crippen LogP contribution in [0.4, 0.5) is 0 Å². The van der Waals surface area contributed by atoms with Gasteiger partial charge in [0.2, 0.25) is 0 Å². The molecule has 0 aromatic heterocycles. The molecule has 1 N–H and O–H groups in total. The maximum Gasteiger partial charge on any atom is 0.303 e. The Bertz CT molecular complexity index is 97.2. The summed E-state index contributed by atoms with van der Waals surface area (Å²) in [6.07, 6.45) is 4.64. The van der Waals surface area contributed by atoms with E-state index in [9.17, 15) is 4.79 Å². The van der Waals surface area contributed by atoms with E-state index in [0.717, 1.165) is 19.3 Å². The zero-order valence-electron chi connectivity index (χ0n) is 5.04. The summed E-state index contributed by atoms with van der Waals surface area (Å²) in [7, 11) is 0. The Balaban J connectivity index is 0.000000640. The summed E-state index contributed by atoms with van der Waals surface area (Å²) in [5.74, 6) is -0.714. The van der Waals surface area contributed by atoms with Crippen molar-refractivity contribution in [2.45, 2.75) is 19.3 Å². The predicted octanol–water partition coefficient (Wildman–Crippen LogP) is 1.07. The first kappa shape index (κ1) is 9.16. The van der Waals surface area contributed by atoms with E-state index in [1.165, 1.54) is 0 Å². The fraction of sp³-hybridized carbons (Fsp3) is 0.667. The van der Waals surface area contributed by atoms with Gasteiger partial charge in [-0.2, -0.15) is 12.8 Å². The van der Waals surface area contributed by atoms with Crippen LogP contribution in [0.5, 0.6) is 0 Å². The smallest absolute Gasteiger partial charge is 0.303 e. The summed E-state index contributed by atoms with van der Waals surface area (Å²) in [6.45, 7) is 0. The average Bonchev–Trinajstić information content (AvgIpc) is 2.12. The second-order valence-electron chi connectivity index (χ2n) is 2.14. The molecule has 0 aromatic rings. The van der Waals surface area contributed by atoms with Crippen molar-refractivity contribution < 1.29 is 31.0 Å². The van der Waals surface area contributed by atoms with Gasteiger partial charge in [-0.1, -0.05) is 6.42 Å². The van der Waals surface area contributed by atoms with Gasteiger partial charge < -0.3 is 11.5 Å². The summed E-state index contributed by atoms with van der Waals surface area (Å²) in [6, 6.07) is 0. The Morgan fingerprint density at radius 1 is 1.67 bits per heavy atom. The zero-order chi connectivity index (χ0) is 5.98. The number of carboxylic acids is 1. The molecule has 2 nitrogen and oxygen atoms in total. The Labute approximate surface area is 68.9 Å². The maximum atomic E-state index is 10.2. The summed E-state index contributed by atoms with van der Waals surface area (Å²) >= 11 is 0. The van der Waals surface area contributed by atoms with Crippen LogP contribution in [0.2, 0.25) is 0 Å². The minimum Gasteiger partial charge on any atom is -0.481 e. The molecular weight excluding hydrogens is 288 g/mol. The van der Waals surface area contributed by atoms with Crippen molar-refractivity contribution in [3.63, 3.8) is 0 Å². The van der Waals surface area contributed by atoms with Crippen molar-refractivity contribution >= 4 is 5.97 Å². The van der Waals surface area contributed by atoms with Gasteiger partial charge in [0.05, 0.1) is 0 Å². The molecule has 1 fully saturated rings. The van der Waals surface area contributed by atoms with Crippen LogP contribution in [0.15, 0.2) is 0 Å². The van der Waals surface area contributed by atoms with Crippen LogP contribution in [-0.4, -0.2) is 11.1 Å². The Morgan fingerprint density at radius 3 is 2.56 bits per heavy atom. The minimum atomic E-state index is -0.640. The van der Waals surface area contributed by atoms with E-state index >= 15 is 0 Å². The Morgan fingerprint density at radius 2 is 2.33 bits per heavy atom. The van der Waals surface area contributed by atoms with Gasteiger partial charge in [-0.3, -0.25) is 4.79 Å². The van der Waals surface area contributed by atoms with Gasteiger partial charge in [0.15, 0.2) is 0 Å². The molecule has 0 aliphatic heterocycles. The van der Waals surface area contributed by atoms with Crippen LogP contribution < -0.4 is 0 Å². The predicted molar refractivity (Wildman–Crippen MR) is 29.3 cm³/mol. The second kappa shape index (κ2) is 4.05. The number of rotatable bonds is 1. The second-order valence-corrected chi connectivity index (χ2v) is 2.14. The molecule has 0 aromatic carbocycles. The molecule has 0 bridgehead atoms. The summed E-state index contributed by atoms with van der Waals surface area (Å²) in [4.78, 5) is 10.2. The first-order valence-electron chi connectivity index (χ1n) is 2.85. The Kier molecular flexibility index (Phi) is 4.12. The molecule has 9 heavy (non-hydrogen) atoms. The van der Waals surface area contributed by atoms with Crippen LogP contribution in [0.1, 0.15) is 19.3 Å². The number of carboxylic acid groups (broad SMARTS) is 1. The largest absolute Gasteiger partial charge is 0.481 e. The first-order chi connectivity index (χ1) is 3.80. The van der Waals surface area contributed by atoms with Crippen LogP contribution >= 0.6 is 0 Å². The minimum absolute atomic E-state index is 0. The molecule has 0 radical (unpaired) electrons. The van der Waals surface area contributed by atoms with Gasteiger partial charge >= 0.3 is 5.97 Å². The van der Waals surface area contributed by atoms with E-state index in [0.29, 0.717) is 0 Å². The summed E-state index contributed by atoms with van der Waals surface area (Å²) in [5, 5.41) is 8.39. The standard InChI is InChI=1S/C6H9O2.W/c7-6(8)5-3-1-2-4-5;/h1,5H,2-4H2,(H,7,8);/q-1;. The molecule has 0 spiro atoms.